The summed E-state index contributed by atoms with van der Waals surface area (Å²) in [7, 11) is 1.72. The highest BCUT2D eigenvalue weighted by molar-refractivity contribution is 5.93. The van der Waals surface area contributed by atoms with Crippen molar-refractivity contribution in [3.8, 4) is 0 Å². The van der Waals surface area contributed by atoms with Crippen LogP contribution < -0.4 is 5.32 Å². The number of carbonyl (C=O) groups excluding carboxylic acids is 2. The number of nitrogens with one attached hydrogen (secondary N) is 1. The van der Waals surface area contributed by atoms with Gasteiger partial charge in [-0.25, -0.2) is 4.98 Å². The number of ether oxygens (including phenoxy) is 1. The molecule has 5 fully saturated rings. The monoisotopic (exact) mass is 493 g/mol. The van der Waals surface area contributed by atoms with Gasteiger partial charge in [-0.15, -0.1) is 0 Å². The molecule has 2 amide bonds. The van der Waals surface area contributed by atoms with Crippen LogP contribution in [0.2, 0.25) is 0 Å². The maximum absolute atomic E-state index is 13.3. The van der Waals surface area contributed by atoms with Gasteiger partial charge >= 0.3 is 0 Å². The van der Waals surface area contributed by atoms with Crippen LogP contribution in [0.15, 0.2) is 24.4 Å². The number of fused-ring (bicyclic) bond motifs is 1. The number of hydrogen-bond donors (Lipinski definition) is 1. The molecule has 194 valence electrons. The Kier molecular flexibility index (Phi) is 6.50. The number of imidazole rings is 1. The first-order valence-electron chi connectivity index (χ1n) is 13.7. The highest BCUT2D eigenvalue weighted by Crippen LogP contribution is 2.59. The van der Waals surface area contributed by atoms with E-state index in [2.05, 4.69) is 15.2 Å². The van der Waals surface area contributed by atoms with Gasteiger partial charge in [0.1, 0.15) is 11.3 Å². The summed E-state index contributed by atoms with van der Waals surface area (Å²) in [6.45, 7) is 5.60. The normalized spacial score (nSPS) is 29.7. The molecule has 5 aliphatic rings. The smallest absolute Gasteiger partial charge is 0.268 e. The summed E-state index contributed by atoms with van der Waals surface area (Å²) in [6, 6.07) is 5.64. The van der Waals surface area contributed by atoms with Crippen LogP contribution in [0, 0.1) is 23.2 Å². The van der Waals surface area contributed by atoms with Crippen LogP contribution in [0.5, 0.6) is 0 Å². The molecule has 0 atom stereocenters. The van der Waals surface area contributed by atoms with Crippen molar-refractivity contribution in [2.45, 2.75) is 44.9 Å². The summed E-state index contributed by atoms with van der Waals surface area (Å²) in [4.78, 5) is 35.2. The van der Waals surface area contributed by atoms with E-state index >= 15 is 0 Å². The molecule has 0 radical (unpaired) electrons. The number of rotatable bonds is 8. The Morgan fingerprint density at radius 3 is 2.42 bits per heavy atom. The van der Waals surface area contributed by atoms with Gasteiger partial charge in [-0.2, -0.15) is 0 Å². The van der Waals surface area contributed by atoms with Gasteiger partial charge in [0.15, 0.2) is 0 Å². The number of amides is 2. The second kappa shape index (κ2) is 9.78. The minimum Gasteiger partial charge on any atom is -0.383 e. The second-order valence-electron chi connectivity index (χ2n) is 11.9. The third-order valence-electron chi connectivity index (χ3n) is 9.23. The molecule has 0 aromatic carbocycles. The first kappa shape index (κ1) is 23.9. The number of nitrogens with zero attached hydrogens (tertiary/aromatic N) is 4. The summed E-state index contributed by atoms with van der Waals surface area (Å²) in [5.74, 6) is 2.67. The molecule has 2 aromatic rings. The third-order valence-corrected chi connectivity index (χ3v) is 9.23. The molecular weight excluding hydrogens is 454 g/mol. The Hall–Kier alpha value is -2.45. The lowest BCUT2D eigenvalue weighted by molar-refractivity contribution is -0.132. The van der Waals surface area contributed by atoms with Crippen molar-refractivity contribution in [2.75, 3.05) is 53.0 Å². The van der Waals surface area contributed by atoms with Gasteiger partial charge in [-0.05, 0) is 73.8 Å². The molecule has 8 nitrogen and oxygen atoms in total. The fourth-order valence-corrected chi connectivity index (χ4v) is 7.90. The van der Waals surface area contributed by atoms with E-state index in [4.69, 9.17) is 4.74 Å². The van der Waals surface area contributed by atoms with Crippen molar-refractivity contribution in [3.63, 3.8) is 0 Å². The molecule has 0 spiro atoms. The minimum absolute atomic E-state index is 0.0428. The molecule has 1 aliphatic heterocycles. The van der Waals surface area contributed by atoms with Crippen LogP contribution in [0.25, 0.3) is 5.65 Å². The summed E-state index contributed by atoms with van der Waals surface area (Å²) in [5, 5.41) is 3.29. The van der Waals surface area contributed by atoms with E-state index in [1.807, 2.05) is 33.7 Å². The van der Waals surface area contributed by atoms with Gasteiger partial charge in [0.05, 0.1) is 18.7 Å². The second-order valence-corrected chi connectivity index (χ2v) is 11.9. The van der Waals surface area contributed by atoms with E-state index in [9.17, 15) is 9.59 Å². The van der Waals surface area contributed by atoms with Crippen LogP contribution in [-0.2, 0) is 16.0 Å². The molecule has 4 aliphatic carbocycles. The highest BCUT2D eigenvalue weighted by atomic mass is 16.5. The quantitative estimate of drug-likeness (QED) is 0.612. The van der Waals surface area contributed by atoms with Crippen LogP contribution in [0.1, 0.15) is 54.7 Å². The zero-order valence-electron chi connectivity index (χ0n) is 21.5. The third kappa shape index (κ3) is 4.77. The highest BCUT2D eigenvalue weighted by Gasteiger charge is 2.50. The van der Waals surface area contributed by atoms with Gasteiger partial charge in [0.25, 0.3) is 5.91 Å². The first-order chi connectivity index (χ1) is 17.5. The molecule has 3 heterocycles. The molecule has 1 N–H and O–H groups in total. The van der Waals surface area contributed by atoms with Crippen molar-refractivity contribution in [3.05, 3.63) is 35.8 Å². The van der Waals surface area contributed by atoms with E-state index in [0.29, 0.717) is 29.1 Å². The van der Waals surface area contributed by atoms with E-state index in [0.717, 1.165) is 57.0 Å². The van der Waals surface area contributed by atoms with E-state index in [-0.39, 0.29) is 18.2 Å². The van der Waals surface area contributed by atoms with Gasteiger partial charge < -0.3 is 15.0 Å². The average molecular weight is 494 g/mol. The molecule has 4 bridgehead atoms. The van der Waals surface area contributed by atoms with Crippen molar-refractivity contribution < 1.29 is 14.3 Å². The number of carbonyl (C=O) groups is 2. The Balaban J connectivity index is 1.08. The fraction of sp³-hybridized carbons (Fsp3) is 0.679. The van der Waals surface area contributed by atoms with Crippen molar-refractivity contribution in [2.24, 2.45) is 23.2 Å². The Bertz CT molecular complexity index is 1080. The topological polar surface area (TPSA) is 79.2 Å². The van der Waals surface area contributed by atoms with Crippen LogP contribution in [0.3, 0.4) is 0 Å². The van der Waals surface area contributed by atoms with Crippen molar-refractivity contribution in [1.29, 1.82) is 0 Å². The van der Waals surface area contributed by atoms with Crippen molar-refractivity contribution in [1.82, 2.24) is 24.5 Å². The standard InChI is InChI=1S/C28H39N5O3/c1-36-10-9-31-5-7-32(8-6-31)26(34)14-23-18-33-24(3-2-4-25(33)30-23)27(35)29-19-28-15-20-11-21(16-28)13-22(12-20)17-28/h2-4,18,20-22H,5-17,19H2,1H3,(H,29,35). The van der Waals surface area contributed by atoms with E-state index in [1.165, 1.54) is 38.5 Å². The molecule has 2 aromatic heterocycles. The number of aromatic nitrogens is 2. The summed E-state index contributed by atoms with van der Waals surface area (Å²) in [6.07, 6.45) is 10.2. The number of hydrogen-bond acceptors (Lipinski definition) is 5. The fourth-order valence-electron chi connectivity index (χ4n) is 7.90. The van der Waals surface area contributed by atoms with Crippen molar-refractivity contribution >= 4 is 17.5 Å². The number of methoxy groups -OCH3 is 1. The lowest BCUT2D eigenvalue weighted by Gasteiger charge is -2.56. The van der Waals surface area contributed by atoms with Gasteiger partial charge in [-0.3, -0.25) is 18.9 Å². The molecule has 1 saturated heterocycles. The van der Waals surface area contributed by atoms with Gasteiger partial charge in [0, 0.05) is 52.6 Å². The molecular formula is C28H39N5O3. The van der Waals surface area contributed by atoms with Crippen LogP contribution >= 0.6 is 0 Å². The largest absolute Gasteiger partial charge is 0.383 e. The maximum atomic E-state index is 13.3. The lowest BCUT2D eigenvalue weighted by atomic mass is 9.49. The summed E-state index contributed by atoms with van der Waals surface area (Å²) >= 11 is 0. The minimum atomic E-state index is -0.0428. The predicted molar refractivity (Wildman–Crippen MR) is 137 cm³/mol. The predicted octanol–water partition coefficient (Wildman–Crippen LogP) is 2.61. The first-order valence-corrected chi connectivity index (χ1v) is 13.7. The lowest BCUT2D eigenvalue weighted by Crippen LogP contribution is -2.51. The van der Waals surface area contributed by atoms with Gasteiger partial charge in [-0.1, -0.05) is 6.07 Å². The van der Waals surface area contributed by atoms with Crippen LogP contribution in [0.4, 0.5) is 0 Å². The SMILES string of the molecule is COCCN1CCN(C(=O)Cc2cn3c(C(=O)NCC45CC6CC(CC(C6)C4)C5)cccc3n2)CC1. The van der Waals surface area contributed by atoms with E-state index in [1.54, 1.807) is 7.11 Å². The van der Waals surface area contributed by atoms with Crippen LogP contribution in [-0.4, -0.2) is 84.0 Å². The Labute approximate surface area is 213 Å². The molecule has 8 heteroatoms. The maximum Gasteiger partial charge on any atom is 0.268 e. The zero-order valence-corrected chi connectivity index (χ0v) is 21.5. The molecule has 4 saturated carbocycles. The molecule has 0 unspecified atom stereocenters. The van der Waals surface area contributed by atoms with Gasteiger partial charge in [0.2, 0.25) is 5.91 Å². The zero-order chi connectivity index (χ0) is 24.7. The Morgan fingerprint density at radius 1 is 1.06 bits per heavy atom. The summed E-state index contributed by atoms with van der Waals surface area (Å²) < 4.78 is 7.01. The molecule has 7 rings (SSSR count). The number of piperazine rings is 1. The number of pyridine rings is 1. The summed E-state index contributed by atoms with van der Waals surface area (Å²) in [5.41, 5.74) is 2.32. The Morgan fingerprint density at radius 2 is 1.75 bits per heavy atom. The molecule has 36 heavy (non-hydrogen) atoms. The van der Waals surface area contributed by atoms with E-state index < -0.39 is 0 Å². The average Bonchev–Trinajstić information content (AvgIpc) is 3.28.